The van der Waals surface area contributed by atoms with Crippen molar-refractivity contribution < 1.29 is 9.53 Å². The summed E-state index contributed by atoms with van der Waals surface area (Å²) in [6, 6.07) is 18.2. The second kappa shape index (κ2) is 7.07. The Morgan fingerprint density at radius 1 is 1.15 bits per heavy atom. The molecular weight excluding hydrogens is 342 g/mol. The topological polar surface area (TPSA) is 73.2 Å². The summed E-state index contributed by atoms with van der Waals surface area (Å²) in [5, 5.41) is 7.26. The minimum absolute atomic E-state index is 0.117. The number of rotatable bonds is 3. The van der Waals surface area contributed by atoms with E-state index in [1.165, 1.54) is 6.07 Å². The fraction of sp³-hybridized carbons (Fsp3) is 0.190. The molecular formula is C21H19N3O3. The van der Waals surface area contributed by atoms with Crippen LogP contribution in [0.5, 0.6) is 5.75 Å². The summed E-state index contributed by atoms with van der Waals surface area (Å²) in [6.45, 7) is 2.30. The van der Waals surface area contributed by atoms with Crippen molar-refractivity contribution in [2.24, 2.45) is 0 Å². The van der Waals surface area contributed by atoms with Crippen molar-refractivity contribution >= 4 is 5.91 Å². The van der Waals surface area contributed by atoms with Crippen LogP contribution in [-0.4, -0.2) is 22.3 Å². The number of nitrogens with one attached hydrogen (secondary N) is 1. The molecule has 0 saturated heterocycles. The van der Waals surface area contributed by atoms with E-state index in [1.54, 1.807) is 11.6 Å². The van der Waals surface area contributed by atoms with Gasteiger partial charge in [-0.15, -0.1) is 0 Å². The Bertz CT molecular complexity index is 1040. The van der Waals surface area contributed by atoms with Gasteiger partial charge in [-0.1, -0.05) is 36.4 Å². The van der Waals surface area contributed by atoms with Crippen molar-refractivity contribution in [1.82, 2.24) is 15.1 Å². The first-order valence-electron chi connectivity index (χ1n) is 8.82. The molecule has 0 saturated carbocycles. The van der Waals surface area contributed by atoms with Crippen LogP contribution >= 0.6 is 0 Å². The Morgan fingerprint density at radius 3 is 2.70 bits per heavy atom. The van der Waals surface area contributed by atoms with E-state index >= 15 is 0 Å². The number of carbonyl (C=O) groups excluding carboxylic acids is 1. The predicted molar refractivity (Wildman–Crippen MR) is 101 cm³/mol. The zero-order valence-corrected chi connectivity index (χ0v) is 14.9. The van der Waals surface area contributed by atoms with Gasteiger partial charge in [-0.25, -0.2) is 4.68 Å². The zero-order valence-electron chi connectivity index (χ0n) is 14.9. The lowest BCUT2D eigenvalue weighted by Gasteiger charge is -2.26. The quantitative estimate of drug-likeness (QED) is 0.779. The van der Waals surface area contributed by atoms with Crippen LogP contribution in [0.3, 0.4) is 0 Å². The summed E-state index contributed by atoms with van der Waals surface area (Å²) >= 11 is 0. The fourth-order valence-electron chi connectivity index (χ4n) is 3.25. The third-order valence-electron chi connectivity index (χ3n) is 4.59. The number of benzene rings is 2. The Hall–Kier alpha value is -3.41. The minimum atomic E-state index is -0.480. The molecule has 2 aromatic carbocycles. The third-order valence-corrected chi connectivity index (χ3v) is 4.59. The van der Waals surface area contributed by atoms with E-state index in [0.29, 0.717) is 18.7 Å². The lowest BCUT2D eigenvalue weighted by Crippen LogP contribution is -2.36. The Balaban J connectivity index is 1.66. The van der Waals surface area contributed by atoms with Gasteiger partial charge in [0.15, 0.2) is 5.69 Å². The van der Waals surface area contributed by atoms with E-state index in [9.17, 15) is 9.59 Å². The highest BCUT2D eigenvalue weighted by Crippen LogP contribution is 2.31. The zero-order chi connectivity index (χ0) is 18.8. The molecule has 0 bridgehead atoms. The first-order chi connectivity index (χ1) is 13.1. The largest absolute Gasteiger partial charge is 0.493 e. The molecule has 6 nitrogen and oxygen atoms in total. The summed E-state index contributed by atoms with van der Waals surface area (Å²) in [4.78, 5) is 25.2. The molecule has 136 valence electrons. The minimum Gasteiger partial charge on any atom is -0.493 e. The van der Waals surface area contributed by atoms with Crippen LogP contribution in [0.4, 0.5) is 0 Å². The van der Waals surface area contributed by atoms with Crippen molar-refractivity contribution in [3.05, 3.63) is 87.8 Å². The van der Waals surface area contributed by atoms with E-state index in [-0.39, 0.29) is 11.7 Å². The second-order valence-corrected chi connectivity index (χ2v) is 6.45. The van der Waals surface area contributed by atoms with Crippen LogP contribution in [-0.2, 0) is 0 Å². The molecule has 3 aromatic rings. The maximum atomic E-state index is 12.8. The first-order valence-corrected chi connectivity index (χ1v) is 8.82. The SMILES string of the molecule is Cc1cc(=O)c(C(=O)N[C@H]2CCOc3ccccc32)nn1-c1ccccc1. The van der Waals surface area contributed by atoms with Crippen LogP contribution < -0.4 is 15.5 Å². The molecule has 1 aromatic heterocycles. The number of para-hydroxylation sites is 2. The first kappa shape index (κ1) is 17.0. The number of amides is 1. The summed E-state index contributed by atoms with van der Waals surface area (Å²) in [5.74, 6) is 0.277. The number of hydrogen-bond acceptors (Lipinski definition) is 4. The van der Waals surface area contributed by atoms with Crippen molar-refractivity contribution in [2.75, 3.05) is 6.61 Å². The highest BCUT2D eigenvalue weighted by molar-refractivity contribution is 5.92. The molecule has 1 aliphatic rings. The number of carbonyl (C=O) groups is 1. The van der Waals surface area contributed by atoms with Gasteiger partial charge in [0.05, 0.1) is 18.3 Å². The molecule has 0 fully saturated rings. The number of aromatic nitrogens is 2. The van der Waals surface area contributed by atoms with Gasteiger partial charge in [0.25, 0.3) is 5.91 Å². The molecule has 27 heavy (non-hydrogen) atoms. The van der Waals surface area contributed by atoms with Gasteiger partial charge in [-0.2, -0.15) is 5.10 Å². The maximum absolute atomic E-state index is 12.8. The summed E-state index contributed by atoms with van der Waals surface area (Å²) in [6.07, 6.45) is 0.640. The summed E-state index contributed by atoms with van der Waals surface area (Å²) in [7, 11) is 0. The molecule has 1 N–H and O–H groups in total. The highest BCUT2D eigenvalue weighted by atomic mass is 16.5. The van der Waals surface area contributed by atoms with Gasteiger partial charge in [0, 0.05) is 23.7 Å². The van der Waals surface area contributed by atoms with Gasteiger partial charge < -0.3 is 10.1 Å². The molecule has 0 unspecified atom stereocenters. The molecule has 4 rings (SSSR count). The lowest BCUT2D eigenvalue weighted by molar-refractivity contribution is 0.0916. The van der Waals surface area contributed by atoms with Crippen molar-refractivity contribution in [2.45, 2.75) is 19.4 Å². The standard InChI is InChI=1S/C21H19N3O3/c1-14-13-18(25)20(23-24(14)15-7-3-2-4-8-15)21(26)22-17-11-12-27-19-10-6-5-9-16(17)19/h2-10,13,17H,11-12H2,1H3,(H,22,26)/t17-/m0/s1. The van der Waals surface area contributed by atoms with Gasteiger partial charge in [0.2, 0.25) is 5.43 Å². The Morgan fingerprint density at radius 2 is 1.89 bits per heavy atom. The van der Waals surface area contributed by atoms with Gasteiger partial charge >= 0.3 is 0 Å². The Labute approximate surface area is 156 Å². The number of hydrogen-bond donors (Lipinski definition) is 1. The predicted octanol–water partition coefficient (Wildman–Crippen LogP) is 2.79. The molecule has 6 heteroatoms. The number of ether oxygens (including phenoxy) is 1. The molecule has 0 radical (unpaired) electrons. The van der Waals surface area contributed by atoms with Crippen molar-refractivity contribution in [3.63, 3.8) is 0 Å². The van der Waals surface area contributed by atoms with Gasteiger partial charge in [-0.05, 0) is 25.1 Å². The molecule has 0 aliphatic carbocycles. The van der Waals surface area contributed by atoms with Gasteiger partial charge in [0.1, 0.15) is 5.75 Å². The van der Waals surface area contributed by atoms with Crippen molar-refractivity contribution in [3.8, 4) is 11.4 Å². The third kappa shape index (κ3) is 3.33. The van der Waals surface area contributed by atoms with Gasteiger partial charge in [-0.3, -0.25) is 9.59 Å². The Kier molecular flexibility index (Phi) is 4.46. The van der Waals surface area contributed by atoms with E-state index in [0.717, 1.165) is 17.0 Å². The monoisotopic (exact) mass is 361 g/mol. The van der Waals surface area contributed by atoms with Crippen LogP contribution in [0.2, 0.25) is 0 Å². The molecule has 1 atom stereocenters. The normalized spacial score (nSPS) is 15.5. The lowest BCUT2D eigenvalue weighted by atomic mass is 10.0. The molecule has 2 heterocycles. The maximum Gasteiger partial charge on any atom is 0.276 e. The highest BCUT2D eigenvalue weighted by Gasteiger charge is 2.25. The molecule has 1 amide bonds. The smallest absolute Gasteiger partial charge is 0.276 e. The van der Waals surface area contributed by atoms with Crippen LogP contribution in [0.1, 0.15) is 34.2 Å². The second-order valence-electron chi connectivity index (χ2n) is 6.45. The summed E-state index contributed by atoms with van der Waals surface area (Å²) < 4.78 is 7.23. The van der Waals surface area contributed by atoms with Crippen molar-refractivity contribution in [1.29, 1.82) is 0 Å². The van der Waals surface area contributed by atoms with E-state index in [1.807, 2.05) is 54.6 Å². The van der Waals surface area contributed by atoms with Crippen LogP contribution in [0, 0.1) is 6.92 Å². The van der Waals surface area contributed by atoms with Crippen LogP contribution in [0.25, 0.3) is 5.69 Å². The molecule has 1 aliphatic heterocycles. The van der Waals surface area contributed by atoms with E-state index in [4.69, 9.17) is 4.74 Å². The average molecular weight is 361 g/mol. The van der Waals surface area contributed by atoms with E-state index < -0.39 is 11.3 Å². The van der Waals surface area contributed by atoms with Crippen LogP contribution in [0.15, 0.2) is 65.5 Å². The number of nitrogens with zero attached hydrogens (tertiary/aromatic N) is 2. The molecule has 0 spiro atoms. The average Bonchev–Trinajstić information content (AvgIpc) is 2.69. The number of aryl methyl sites for hydroxylation is 1. The fourth-order valence-corrected chi connectivity index (χ4v) is 3.25. The summed E-state index contributed by atoms with van der Waals surface area (Å²) in [5.41, 5.74) is 1.86. The number of fused-ring (bicyclic) bond motifs is 1. The van der Waals surface area contributed by atoms with E-state index in [2.05, 4.69) is 10.4 Å².